The number of aromatic nitrogens is 4. The van der Waals surface area contributed by atoms with Gasteiger partial charge in [0.05, 0.1) is 4.92 Å². The van der Waals surface area contributed by atoms with Gasteiger partial charge in [-0.2, -0.15) is 4.98 Å². The summed E-state index contributed by atoms with van der Waals surface area (Å²) in [5, 5.41) is 11.4. The van der Waals surface area contributed by atoms with Crippen molar-refractivity contribution in [3.05, 3.63) is 34.5 Å². The van der Waals surface area contributed by atoms with Crippen molar-refractivity contribution in [2.24, 2.45) is 0 Å². The van der Waals surface area contributed by atoms with Gasteiger partial charge in [-0.25, -0.2) is 9.97 Å². The highest BCUT2D eigenvalue weighted by molar-refractivity contribution is 5.54. The smallest absolute Gasteiger partial charge is 0.333 e. The average molecular weight is 316 g/mol. The molecule has 0 saturated carbocycles. The maximum absolute atomic E-state index is 11.4. The van der Waals surface area contributed by atoms with Gasteiger partial charge in [0.2, 0.25) is 11.8 Å². The van der Waals surface area contributed by atoms with Crippen LogP contribution >= 0.6 is 0 Å². The van der Waals surface area contributed by atoms with Gasteiger partial charge in [0.15, 0.2) is 0 Å². The molecule has 1 saturated heterocycles. The molecule has 3 heterocycles. The van der Waals surface area contributed by atoms with Crippen LogP contribution in [0.25, 0.3) is 5.82 Å². The first kappa shape index (κ1) is 15.4. The van der Waals surface area contributed by atoms with Crippen LogP contribution in [0.15, 0.2) is 18.7 Å². The summed E-state index contributed by atoms with van der Waals surface area (Å²) >= 11 is 0. The highest BCUT2D eigenvalue weighted by Gasteiger charge is 2.28. The van der Waals surface area contributed by atoms with Crippen molar-refractivity contribution in [1.82, 2.24) is 19.5 Å². The highest BCUT2D eigenvalue weighted by Crippen LogP contribution is 2.29. The maximum Gasteiger partial charge on any atom is 0.333 e. The maximum atomic E-state index is 11.4. The number of aryl methyl sites for hydroxylation is 1. The summed E-state index contributed by atoms with van der Waals surface area (Å²) in [4.78, 5) is 26.1. The van der Waals surface area contributed by atoms with Crippen molar-refractivity contribution in [3.63, 3.8) is 0 Å². The molecule has 0 bridgehead atoms. The third kappa shape index (κ3) is 2.88. The molecule has 0 aromatic carbocycles. The number of hydrogen-bond donors (Lipinski definition) is 0. The van der Waals surface area contributed by atoms with E-state index in [0.29, 0.717) is 17.7 Å². The number of piperidine rings is 1. The van der Waals surface area contributed by atoms with E-state index >= 15 is 0 Å². The van der Waals surface area contributed by atoms with E-state index in [9.17, 15) is 10.1 Å². The average Bonchev–Trinajstić information content (AvgIpc) is 3.08. The van der Waals surface area contributed by atoms with Crippen LogP contribution in [0.2, 0.25) is 0 Å². The molecule has 0 spiro atoms. The fraction of sp³-hybridized carbons (Fsp3) is 0.533. The Labute approximate surface area is 134 Å². The summed E-state index contributed by atoms with van der Waals surface area (Å²) in [6.07, 6.45) is 9.18. The Morgan fingerprint density at radius 3 is 2.87 bits per heavy atom. The van der Waals surface area contributed by atoms with Crippen molar-refractivity contribution >= 4 is 11.6 Å². The van der Waals surface area contributed by atoms with Crippen LogP contribution in [0.4, 0.5) is 11.6 Å². The number of nitro groups is 1. The lowest BCUT2D eigenvalue weighted by molar-refractivity contribution is -0.385. The third-order valence-corrected chi connectivity index (χ3v) is 4.31. The zero-order chi connectivity index (χ0) is 16.4. The van der Waals surface area contributed by atoms with Crippen molar-refractivity contribution in [3.8, 4) is 5.82 Å². The predicted molar refractivity (Wildman–Crippen MR) is 85.8 cm³/mol. The van der Waals surface area contributed by atoms with Gasteiger partial charge >= 0.3 is 5.69 Å². The molecule has 0 N–H and O–H groups in total. The first-order valence-corrected chi connectivity index (χ1v) is 7.89. The van der Waals surface area contributed by atoms with Gasteiger partial charge in [0.25, 0.3) is 0 Å². The lowest BCUT2D eigenvalue weighted by Gasteiger charge is -2.35. The summed E-state index contributed by atoms with van der Waals surface area (Å²) in [5.41, 5.74) is 0.306. The Kier molecular flexibility index (Phi) is 4.22. The van der Waals surface area contributed by atoms with Gasteiger partial charge in [-0.1, -0.05) is 6.92 Å². The van der Waals surface area contributed by atoms with Crippen LogP contribution in [0.1, 0.15) is 38.3 Å². The Morgan fingerprint density at radius 2 is 2.22 bits per heavy atom. The van der Waals surface area contributed by atoms with Crippen LogP contribution in [0.5, 0.6) is 0 Å². The Bertz CT molecular complexity index is 700. The van der Waals surface area contributed by atoms with E-state index in [-0.39, 0.29) is 11.5 Å². The molecule has 1 unspecified atom stereocenters. The van der Waals surface area contributed by atoms with Gasteiger partial charge in [-0.3, -0.25) is 14.7 Å². The zero-order valence-corrected chi connectivity index (χ0v) is 13.3. The molecule has 122 valence electrons. The summed E-state index contributed by atoms with van der Waals surface area (Å²) in [7, 11) is 0. The highest BCUT2D eigenvalue weighted by atomic mass is 16.6. The van der Waals surface area contributed by atoms with E-state index in [0.717, 1.165) is 25.8 Å². The molecule has 8 nitrogen and oxygen atoms in total. The van der Waals surface area contributed by atoms with Crippen molar-refractivity contribution < 1.29 is 4.92 Å². The van der Waals surface area contributed by atoms with Gasteiger partial charge in [-0.15, -0.1) is 0 Å². The minimum Gasteiger partial charge on any atom is -0.338 e. The van der Waals surface area contributed by atoms with E-state index in [1.807, 2.05) is 0 Å². The number of nitrogens with zero attached hydrogens (tertiary/aromatic N) is 6. The topological polar surface area (TPSA) is 90.0 Å². The number of hydrogen-bond acceptors (Lipinski definition) is 6. The van der Waals surface area contributed by atoms with Crippen LogP contribution in [-0.4, -0.2) is 37.0 Å². The van der Waals surface area contributed by atoms with Gasteiger partial charge < -0.3 is 4.90 Å². The first-order valence-electron chi connectivity index (χ1n) is 7.89. The summed E-state index contributed by atoms with van der Waals surface area (Å²) < 4.78 is 1.57. The number of rotatable bonds is 4. The lowest BCUT2D eigenvalue weighted by Crippen LogP contribution is -2.40. The standard InChI is InChI=1S/C15H20N6O2/c1-3-12-6-4-5-8-20(12)15-17-11(2)13(21(22)23)14(18-15)19-9-7-16-10-19/h7,9-10,12H,3-6,8H2,1-2H3. The van der Waals surface area contributed by atoms with Crippen LogP contribution in [-0.2, 0) is 0 Å². The van der Waals surface area contributed by atoms with Gasteiger partial charge in [0, 0.05) is 25.0 Å². The number of imidazole rings is 1. The monoisotopic (exact) mass is 316 g/mol. The van der Waals surface area contributed by atoms with Crippen LogP contribution in [0.3, 0.4) is 0 Å². The van der Waals surface area contributed by atoms with Gasteiger partial charge in [-0.05, 0) is 32.6 Å². The minimum atomic E-state index is -0.429. The molecule has 8 heteroatoms. The van der Waals surface area contributed by atoms with Crippen molar-refractivity contribution in [1.29, 1.82) is 0 Å². The molecule has 1 fully saturated rings. The Balaban J connectivity index is 2.11. The molecule has 0 aliphatic carbocycles. The second-order valence-corrected chi connectivity index (χ2v) is 5.76. The summed E-state index contributed by atoms with van der Waals surface area (Å²) in [6, 6.07) is 0.389. The predicted octanol–water partition coefficient (Wildman–Crippen LogP) is 2.65. The van der Waals surface area contributed by atoms with E-state index in [1.165, 1.54) is 12.7 Å². The molecule has 2 aromatic rings. The SMILES string of the molecule is CCC1CCCCN1c1nc(C)c([N+](=O)[O-])c(-n2ccnc2)n1. The fourth-order valence-corrected chi connectivity index (χ4v) is 3.13. The molecule has 2 aromatic heterocycles. The van der Waals surface area contributed by atoms with Crippen LogP contribution < -0.4 is 4.90 Å². The molecule has 1 aliphatic rings. The van der Waals surface area contributed by atoms with Crippen molar-refractivity contribution in [2.45, 2.75) is 45.6 Å². The third-order valence-electron chi connectivity index (χ3n) is 4.31. The van der Waals surface area contributed by atoms with E-state index in [2.05, 4.69) is 26.8 Å². The second kappa shape index (κ2) is 6.31. The molecular weight excluding hydrogens is 296 g/mol. The number of anilines is 1. The Hall–Kier alpha value is -2.51. The van der Waals surface area contributed by atoms with E-state index in [1.54, 1.807) is 23.9 Å². The Morgan fingerprint density at radius 1 is 1.39 bits per heavy atom. The molecule has 3 rings (SSSR count). The minimum absolute atomic E-state index is 0.0724. The molecule has 1 aliphatic heterocycles. The largest absolute Gasteiger partial charge is 0.338 e. The van der Waals surface area contributed by atoms with E-state index in [4.69, 9.17) is 0 Å². The quantitative estimate of drug-likeness (QED) is 0.636. The molecule has 23 heavy (non-hydrogen) atoms. The zero-order valence-electron chi connectivity index (χ0n) is 13.3. The molecular formula is C15H20N6O2. The van der Waals surface area contributed by atoms with Crippen molar-refractivity contribution in [2.75, 3.05) is 11.4 Å². The van der Waals surface area contributed by atoms with Crippen LogP contribution in [0, 0.1) is 17.0 Å². The molecule has 0 radical (unpaired) electrons. The van der Waals surface area contributed by atoms with E-state index < -0.39 is 4.92 Å². The normalized spacial score (nSPS) is 18.2. The second-order valence-electron chi connectivity index (χ2n) is 5.76. The fourth-order valence-electron chi connectivity index (χ4n) is 3.13. The lowest BCUT2D eigenvalue weighted by atomic mass is 10.0. The first-order chi connectivity index (χ1) is 11.1. The molecule has 1 atom stereocenters. The molecule has 0 amide bonds. The summed E-state index contributed by atoms with van der Waals surface area (Å²) in [6.45, 7) is 4.70. The summed E-state index contributed by atoms with van der Waals surface area (Å²) in [5.74, 6) is 0.846. The van der Waals surface area contributed by atoms with Gasteiger partial charge in [0.1, 0.15) is 12.0 Å².